The Morgan fingerprint density at radius 1 is 1.17 bits per heavy atom. The van der Waals surface area contributed by atoms with Crippen molar-refractivity contribution in [2.45, 2.75) is 40.0 Å². The summed E-state index contributed by atoms with van der Waals surface area (Å²) in [6, 6.07) is 7.96. The zero-order chi connectivity index (χ0) is 22.6. The van der Waals surface area contributed by atoms with Gasteiger partial charge in [0.25, 0.3) is 0 Å². The Bertz CT molecular complexity index is 1110. The minimum absolute atomic E-state index is 0.0199. The molecule has 30 heavy (non-hydrogen) atoms. The van der Waals surface area contributed by atoms with E-state index in [1.165, 1.54) is 33.3 Å². The number of carboxylic acid groups (broad SMARTS) is 1. The molecule has 0 spiro atoms. The van der Waals surface area contributed by atoms with Gasteiger partial charge in [-0.05, 0) is 43.5 Å². The Balaban J connectivity index is 0.000000396. The van der Waals surface area contributed by atoms with Gasteiger partial charge < -0.3 is 20.0 Å². The molecule has 0 fully saturated rings. The lowest BCUT2D eigenvalue weighted by atomic mass is 10.0. The van der Waals surface area contributed by atoms with E-state index in [4.69, 9.17) is 9.90 Å². The molecule has 0 saturated heterocycles. The highest BCUT2D eigenvalue weighted by molar-refractivity contribution is 5.87. The number of H-pyrrole nitrogens is 1. The largest absolute Gasteiger partial charge is 0.490 e. The molecule has 162 valence electrons. The molecule has 2 aromatic heterocycles. The van der Waals surface area contributed by atoms with E-state index in [1.54, 1.807) is 17.7 Å². The van der Waals surface area contributed by atoms with E-state index in [0.717, 1.165) is 18.7 Å². The van der Waals surface area contributed by atoms with Crippen molar-refractivity contribution in [3.8, 4) is 0 Å². The Morgan fingerprint density at radius 3 is 2.37 bits per heavy atom. The number of fused-ring (bicyclic) bond motifs is 1. The summed E-state index contributed by atoms with van der Waals surface area (Å²) in [5, 5.41) is 11.9. The zero-order valence-corrected chi connectivity index (χ0v) is 17.1. The Hall–Kier alpha value is -3.07. The van der Waals surface area contributed by atoms with Crippen LogP contribution in [0.5, 0.6) is 0 Å². The number of alkyl halides is 3. The molecule has 2 heterocycles. The quantitative estimate of drug-likeness (QED) is 0.597. The van der Waals surface area contributed by atoms with Crippen LogP contribution in [0.3, 0.4) is 0 Å². The first-order chi connectivity index (χ1) is 13.9. The minimum atomic E-state index is -5.08. The van der Waals surface area contributed by atoms with Crippen LogP contribution in [0.2, 0.25) is 0 Å². The van der Waals surface area contributed by atoms with Gasteiger partial charge in [0.05, 0.1) is 5.52 Å². The third kappa shape index (κ3) is 5.73. The fraction of sp³-hybridized carbons (Fsp3) is 0.333. The molecule has 0 aliphatic rings. The standard InChI is InChI=1S/C19H23N3O.C2HF3O2/c1-12-7-16(19-17(8-12)13(2)14(3)21-19)10-20-9-15-5-6-18(23)22(4)11-15;3-2(4,5)1(6)7/h5-8,11,20-21H,9-10H2,1-4H3;(H,6,7). The molecule has 1 aromatic carbocycles. The van der Waals surface area contributed by atoms with Crippen molar-refractivity contribution in [1.29, 1.82) is 0 Å². The lowest BCUT2D eigenvalue weighted by Gasteiger charge is -2.09. The molecular weight excluding hydrogens is 399 g/mol. The van der Waals surface area contributed by atoms with Gasteiger partial charge in [-0.15, -0.1) is 0 Å². The van der Waals surface area contributed by atoms with Crippen molar-refractivity contribution in [2.24, 2.45) is 7.05 Å². The van der Waals surface area contributed by atoms with Gasteiger partial charge in [-0.2, -0.15) is 13.2 Å². The molecule has 6 nitrogen and oxygen atoms in total. The van der Waals surface area contributed by atoms with Crippen LogP contribution >= 0.6 is 0 Å². The number of aliphatic carboxylic acids is 1. The number of hydrogen-bond donors (Lipinski definition) is 3. The summed E-state index contributed by atoms with van der Waals surface area (Å²) >= 11 is 0. The monoisotopic (exact) mass is 423 g/mol. The van der Waals surface area contributed by atoms with Crippen molar-refractivity contribution in [1.82, 2.24) is 14.9 Å². The second kappa shape index (κ2) is 9.17. The fourth-order valence-electron chi connectivity index (χ4n) is 3.02. The van der Waals surface area contributed by atoms with E-state index in [2.05, 4.69) is 43.2 Å². The third-order valence-corrected chi connectivity index (χ3v) is 4.68. The Kier molecular flexibility index (Phi) is 7.09. The van der Waals surface area contributed by atoms with E-state index in [1.807, 2.05) is 12.3 Å². The summed E-state index contributed by atoms with van der Waals surface area (Å²) in [4.78, 5) is 23.8. The molecule has 3 N–H and O–H groups in total. The van der Waals surface area contributed by atoms with Crippen LogP contribution in [0.1, 0.15) is 27.9 Å². The van der Waals surface area contributed by atoms with Gasteiger partial charge in [-0.1, -0.05) is 17.7 Å². The van der Waals surface area contributed by atoms with Gasteiger partial charge in [0.1, 0.15) is 0 Å². The van der Waals surface area contributed by atoms with E-state index in [9.17, 15) is 18.0 Å². The normalized spacial score (nSPS) is 11.3. The second-order valence-corrected chi connectivity index (χ2v) is 7.11. The van der Waals surface area contributed by atoms with Gasteiger partial charge in [-0.25, -0.2) is 4.79 Å². The van der Waals surface area contributed by atoms with Crippen molar-refractivity contribution < 1.29 is 23.1 Å². The number of aromatic amines is 1. The number of aryl methyl sites for hydroxylation is 4. The van der Waals surface area contributed by atoms with Crippen LogP contribution < -0.4 is 10.9 Å². The molecule has 0 saturated carbocycles. The summed E-state index contributed by atoms with van der Waals surface area (Å²) in [7, 11) is 1.78. The summed E-state index contributed by atoms with van der Waals surface area (Å²) in [6.45, 7) is 7.95. The zero-order valence-electron chi connectivity index (χ0n) is 17.1. The van der Waals surface area contributed by atoms with Crippen LogP contribution in [0.4, 0.5) is 13.2 Å². The first-order valence-electron chi connectivity index (χ1n) is 9.15. The van der Waals surface area contributed by atoms with Crippen molar-refractivity contribution in [3.63, 3.8) is 0 Å². The predicted octanol–water partition coefficient (Wildman–Crippen LogP) is 3.71. The number of carbonyl (C=O) groups is 1. The number of aromatic nitrogens is 2. The maximum absolute atomic E-state index is 11.4. The molecule has 0 amide bonds. The summed E-state index contributed by atoms with van der Waals surface area (Å²) in [5.74, 6) is -2.76. The summed E-state index contributed by atoms with van der Waals surface area (Å²) < 4.78 is 33.3. The van der Waals surface area contributed by atoms with Crippen molar-refractivity contribution in [3.05, 3.63) is 68.8 Å². The molecule has 0 unspecified atom stereocenters. The van der Waals surface area contributed by atoms with E-state index in [0.29, 0.717) is 0 Å². The molecule has 0 aliphatic heterocycles. The maximum atomic E-state index is 11.4. The number of hydrogen-bond acceptors (Lipinski definition) is 3. The smallest absolute Gasteiger partial charge is 0.475 e. The van der Waals surface area contributed by atoms with Crippen molar-refractivity contribution in [2.75, 3.05) is 0 Å². The van der Waals surface area contributed by atoms with Gasteiger partial charge >= 0.3 is 12.1 Å². The van der Waals surface area contributed by atoms with Crippen LogP contribution in [-0.2, 0) is 24.9 Å². The molecular formula is C21H24F3N3O3. The fourth-order valence-corrected chi connectivity index (χ4v) is 3.02. The SMILES string of the molecule is Cc1cc(CNCc2ccc(=O)n(C)c2)c2[nH]c(C)c(C)c2c1.O=C(O)C(F)(F)F. The number of nitrogens with zero attached hydrogens (tertiary/aromatic N) is 1. The third-order valence-electron chi connectivity index (χ3n) is 4.68. The number of carboxylic acids is 1. The number of benzene rings is 1. The average Bonchev–Trinajstić information content (AvgIpc) is 2.92. The molecule has 0 aliphatic carbocycles. The van der Waals surface area contributed by atoms with Crippen molar-refractivity contribution >= 4 is 16.9 Å². The average molecular weight is 423 g/mol. The topological polar surface area (TPSA) is 87.1 Å². The Labute approximate surface area is 171 Å². The highest BCUT2D eigenvalue weighted by Crippen LogP contribution is 2.26. The minimum Gasteiger partial charge on any atom is -0.475 e. The number of rotatable bonds is 4. The van der Waals surface area contributed by atoms with Crippen LogP contribution in [0.25, 0.3) is 10.9 Å². The first kappa shape index (κ1) is 23.2. The number of pyridine rings is 1. The lowest BCUT2D eigenvalue weighted by molar-refractivity contribution is -0.192. The van der Waals surface area contributed by atoms with Gasteiger partial charge in [-0.3, -0.25) is 4.79 Å². The molecule has 0 atom stereocenters. The van der Waals surface area contributed by atoms with Crippen LogP contribution in [0, 0.1) is 20.8 Å². The van der Waals surface area contributed by atoms with E-state index < -0.39 is 12.1 Å². The van der Waals surface area contributed by atoms with Gasteiger partial charge in [0.15, 0.2) is 0 Å². The van der Waals surface area contributed by atoms with Crippen LogP contribution in [-0.4, -0.2) is 26.8 Å². The van der Waals surface area contributed by atoms with Gasteiger partial charge in [0.2, 0.25) is 5.56 Å². The Morgan fingerprint density at radius 2 is 1.80 bits per heavy atom. The number of nitrogens with one attached hydrogen (secondary N) is 2. The molecule has 0 radical (unpaired) electrons. The first-order valence-corrected chi connectivity index (χ1v) is 9.15. The highest BCUT2D eigenvalue weighted by atomic mass is 19.4. The van der Waals surface area contributed by atoms with Gasteiger partial charge in [0, 0.05) is 43.5 Å². The molecule has 9 heteroatoms. The van der Waals surface area contributed by atoms with Crippen LogP contribution in [0.15, 0.2) is 35.3 Å². The summed E-state index contributed by atoms with van der Waals surface area (Å²) in [6.07, 6.45) is -3.20. The number of halogens is 3. The highest BCUT2D eigenvalue weighted by Gasteiger charge is 2.38. The predicted molar refractivity (Wildman–Crippen MR) is 108 cm³/mol. The van der Waals surface area contributed by atoms with E-state index in [-0.39, 0.29) is 5.56 Å². The summed E-state index contributed by atoms with van der Waals surface area (Å²) in [5.41, 5.74) is 7.45. The lowest BCUT2D eigenvalue weighted by Crippen LogP contribution is -2.21. The second-order valence-electron chi connectivity index (χ2n) is 7.11. The molecule has 0 bridgehead atoms. The van der Waals surface area contributed by atoms with E-state index >= 15 is 0 Å². The molecule has 3 rings (SSSR count). The maximum Gasteiger partial charge on any atom is 0.490 e. The molecule has 3 aromatic rings.